The van der Waals surface area contributed by atoms with Gasteiger partial charge in [-0.2, -0.15) is 0 Å². The average molecular weight is 211 g/mol. The number of ether oxygens (including phenoxy) is 1. The monoisotopic (exact) mass is 211 g/mol. The van der Waals surface area contributed by atoms with Crippen molar-refractivity contribution in [1.29, 1.82) is 0 Å². The summed E-state index contributed by atoms with van der Waals surface area (Å²) in [6, 6.07) is 0. The minimum Gasteiger partial charge on any atom is -0.473 e. The van der Waals surface area contributed by atoms with Crippen LogP contribution in [-0.2, 0) is 5.54 Å². The molecular weight excluding hydrogens is 190 g/mol. The van der Waals surface area contributed by atoms with E-state index in [0.29, 0.717) is 5.88 Å². The first-order chi connectivity index (χ1) is 6.95. The molecule has 1 aromatic rings. The van der Waals surface area contributed by atoms with Gasteiger partial charge in [0, 0.05) is 0 Å². The average Bonchev–Trinajstić information content (AvgIpc) is 2.51. The Morgan fingerprint density at radius 2 is 2.13 bits per heavy atom. The second-order valence-electron chi connectivity index (χ2n) is 4.73. The van der Waals surface area contributed by atoms with E-state index in [9.17, 15) is 0 Å². The molecule has 0 saturated carbocycles. The maximum Gasteiger partial charge on any atom is 0.253 e. The van der Waals surface area contributed by atoms with E-state index < -0.39 is 0 Å². The van der Waals surface area contributed by atoms with Crippen LogP contribution in [0.5, 0.6) is 5.88 Å². The summed E-state index contributed by atoms with van der Waals surface area (Å²) in [5.74, 6) is 0.606. The molecule has 1 rings (SSSR count). The Hall–Kier alpha value is -1.06. The Balaban J connectivity index is 2.74. The van der Waals surface area contributed by atoms with Crippen LogP contribution in [-0.4, -0.2) is 21.1 Å². The summed E-state index contributed by atoms with van der Waals surface area (Å²) >= 11 is 0. The molecule has 0 atom stereocenters. The smallest absolute Gasteiger partial charge is 0.253 e. The van der Waals surface area contributed by atoms with E-state index in [1.54, 1.807) is 0 Å². The first kappa shape index (κ1) is 12.0. The Morgan fingerprint density at radius 3 is 2.67 bits per heavy atom. The van der Waals surface area contributed by atoms with Crippen LogP contribution in [0.25, 0.3) is 0 Å². The van der Waals surface area contributed by atoms with Gasteiger partial charge in [0.2, 0.25) is 0 Å². The van der Waals surface area contributed by atoms with E-state index in [1.165, 1.54) is 0 Å². The molecule has 0 unspecified atom stereocenters. The highest BCUT2D eigenvalue weighted by Crippen LogP contribution is 2.21. The van der Waals surface area contributed by atoms with Gasteiger partial charge in [0.1, 0.15) is 0 Å². The minimum atomic E-state index is 0.0142. The first-order valence-electron chi connectivity index (χ1n) is 5.55. The van der Waals surface area contributed by atoms with Gasteiger partial charge in [0.15, 0.2) is 0 Å². The van der Waals surface area contributed by atoms with Crippen molar-refractivity contribution < 1.29 is 4.74 Å². The zero-order valence-electron chi connectivity index (χ0n) is 10.3. The normalized spacial score (nSPS) is 12.1. The van der Waals surface area contributed by atoms with E-state index >= 15 is 0 Å². The third kappa shape index (κ3) is 3.22. The lowest BCUT2D eigenvalue weighted by Crippen LogP contribution is -2.26. The molecular formula is C11H21N3O. The Bertz CT molecular complexity index is 305. The number of hydrogen-bond donors (Lipinski definition) is 0. The predicted octanol–water partition coefficient (Wildman–Crippen LogP) is 2.60. The topological polar surface area (TPSA) is 39.9 Å². The summed E-state index contributed by atoms with van der Waals surface area (Å²) < 4.78 is 7.36. The van der Waals surface area contributed by atoms with E-state index in [2.05, 4.69) is 31.1 Å². The summed E-state index contributed by atoms with van der Waals surface area (Å²) in [5.41, 5.74) is 0.0142. The molecule has 86 valence electrons. The van der Waals surface area contributed by atoms with E-state index in [1.807, 2.05) is 24.7 Å². The van der Waals surface area contributed by atoms with Crippen LogP contribution in [0.4, 0.5) is 0 Å². The second kappa shape index (κ2) is 4.64. The Kier molecular flexibility index (Phi) is 3.72. The highest BCUT2D eigenvalue weighted by atomic mass is 16.5. The Morgan fingerprint density at radius 1 is 1.47 bits per heavy atom. The molecule has 0 amide bonds. The van der Waals surface area contributed by atoms with Crippen LogP contribution < -0.4 is 4.74 Å². The molecule has 0 spiro atoms. The van der Waals surface area contributed by atoms with E-state index in [0.717, 1.165) is 12.8 Å². The van der Waals surface area contributed by atoms with Crippen LogP contribution in [0.15, 0.2) is 6.20 Å². The summed E-state index contributed by atoms with van der Waals surface area (Å²) in [4.78, 5) is 0. The molecule has 4 heteroatoms. The lowest BCUT2D eigenvalue weighted by molar-refractivity contribution is 0.232. The van der Waals surface area contributed by atoms with Gasteiger partial charge < -0.3 is 4.74 Å². The lowest BCUT2D eigenvalue weighted by Gasteiger charge is -2.23. The standard InChI is InChI=1S/C11H21N3O/c1-6-7-11(4,5)14-8-10(12-13-14)15-9(2)3/h8-9H,6-7H2,1-5H3. The van der Waals surface area contributed by atoms with E-state index in [4.69, 9.17) is 4.74 Å². The molecule has 0 fully saturated rings. The Labute approximate surface area is 91.6 Å². The van der Waals surface area contributed by atoms with Crippen LogP contribution in [0.3, 0.4) is 0 Å². The molecule has 1 heterocycles. The van der Waals surface area contributed by atoms with Gasteiger partial charge in [-0.25, -0.2) is 4.68 Å². The molecule has 4 nitrogen and oxygen atoms in total. The van der Waals surface area contributed by atoms with Crippen LogP contribution in [0, 0.1) is 0 Å². The maximum atomic E-state index is 5.47. The minimum absolute atomic E-state index is 0.0142. The lowest BCUT2D eigenvalue weighted by atomic mass is 10.00. The fourth-order valence-corrected chi connectivity index (χ4v) is 1.57. The van der Waals surface area contributed by atoms with Gasteiger partial charge in [-0.15, -0.1) is 0 Å². The molecule has 0 bridgehead atoms. The van der Waals surface area contributed by atoms with Gasteiger partial charge in [-0.05, 0) is 34.1 Å². The summed E-state index contributed by atoms with van der Waals surface area (Å²) in [6.45, 7) is 10.4. The zero-order chi connectivity index (χ0) is 11.5. The fourth-order valence-electron chi connectivity index (χ4n) is 1.57. The zero-order valence-corrected chi connectivity index (χ0v) is 10.3. The van der Waals surface area contributed by atoms with Crippen molar-refractivity contribution >= 4 is 0 Å². The summed E-state index contributed by atoms with van der Waals surface area (Å²) in [5, 5.41) is 8.10. The number of aromatic nitrogens is 3. The van der Waals surface area contributed by atoms with Gasteiger partial charge >= 0.3 is 0 Å². The van der Waals surface area contributed by atoms with Crippen molar-refractivity contribution in [2.45, 2.75) is 59.1 Å². The quantitative estimate of drug-likeness (QED) is 0.751. The summed E-state index contributed by atoms with van der Waals surface area (Å²) in [7, 11) is 0. The van der Waals surface area contributed by atoms with Gasteiger partial charge in [-0.1, -0.05) is 23.7 Å². The highest BCUT2D eigenvalue weighted by molar-refractivity contribution is 5.02. The molecule has 0 N–H and O–H groups in total. The molecule has 0 saturated heterocycles. The van der Waals surface area contributed by atoms with Crippen molar-refractivity contribution in [2.24, 2.45) is 0 Å². The highest BCUT2D eigenvalue weighted by Gasteiger charge is 2.21. The fraction of sp³-hybridized carbons (Fsp3) is 0.818. The van der Waals surface area contributed by atoms with Crippen molar-refractivity contribution in [3.05, 3.63) is 6.20 Å². The maximum absolute atomic E-state index is 5.47. The summed E-state index contributed by atoms with van der Waals surface area (Å²) in [6.07, 6.45) is 4.23. The third-order valence-corrected chi connectivity index (χ3v) is 2.31. The van der Waals surface area contributed by atoms with Crippen molar-refractivity contribution in [3.8, 4) is 5.88 Å². The van der Waals surface area contributed by atoms with E-state index in [-0.39, 0.29) is 11.6 Å². The molecule has 0 aromatic carbocycles. The second-order valence-corrected chi connectivity index (χ2v) is 4.73. The van der Waals surface area contributed by atoms with Crippen LogP contribution in [0.1, 0.15) is 47.5 Å². The van der Waals surface area contributed by atoms with Crippen molar-refractivity contribution in [1.82, 2.24) is 15.0 Å². The van der Waals surface area contributed by atoms with Crippen molar-refractivity contribution in [3.63, 3.8) is 0 Å². The largest absolute Gasteiger partial charge is 0.473 e. The van der Waals surface area contributed by atoms with Gasteiger partial charge in [0.25, 0.3) is 5.88 Å². The molecule has 1 aromatic heterocycles. The first-order valence-corrected chi connectivity index (χ1v) is 5.55. The van der Waals surface area contributed by atoms with Crippen molar-refractivity contribution in [2.75, 3.05) is 0 Å². The molecule has 15 heavy (non-hydrogen) atoms. The molecule has 0 aliphatic rings. The van der Waals surface area contributed by atoms with Crippen LogP contribution in [0.2, 0.25) is 0 Å². The predicted molar refractivity (Wildman–Crippen MR) is 60.0 cm³/mol. The third-order valence-electron chi connectivity index (χ3n) is 2.31. The SMILES string of the molecule is CCCC(C)(C)n1cc(OC(C)C)nn1. The van der Waals surface area contributed by atoms with Gasteiger partial charge in [0.05, 0.1) is 17.8 Å². The van der Waals surface area contributed by atoms with Crippen LogP contribution >= 0.6 is 0 Å². The molecule has 0 aliphatic heterocycles. The number of rotatable bonds is 5. The molecule has 0 radical (unpaired) electrons. The van der Waals surface area contributed by atoms with Gasteiger partial charge in [-0.3, -0.25) is 0 Å². The number of hydrogen-bond acceptors (Lipinski definition) is 3. The molecule has 0 aliphatic carbocycles. The number of nitrogens with zero attached hydrogens (tertiary/aromatic N) is 3.